The number of para-hydroxylation sites is 1. The standard InChI is InChI=1S/C13H10O3Se/c1-2-15-13(14)11-7-10-12(17-11)8-5-3-4-6-9(8)16-10/h3-7H,2H2,1H3. The van der Waals surface area contributed by atoms with E-state index in [0.717, 1.165) is 25.2 Å². The Hall–Kier alpha value is -1.51. The van der Waals surface area contributed by atoms with E-state index in [9.17, 15) is 4.79 Å². The maximum atomic E-state index is 11.6. The molecule has 0 fully saturated rings. The van der Waals surface area contributed by atoms with Gasteiger partial charge in [-0.25, -0.2) is 0 Å². The van der Waals surface area contributed by atoms with Crippen LogP contribution in [0.15, 0.2) is 34.7 Å². The zero-order valence-electron chi connectivity index (χ0n) is 9.23. The Bertz CT molecular complexity index is 693. The van der Waals surface area contributed by atoms with Crippen molar-refractivity contribution in [3.8, 4) is 0 Å². The first-order valence-corrected chi connectivity index (χ1v) is 7.09. The molecule has 3 rings (SSSR count). The van der Waals surface area contributed by atoms with Gasteiger partial charge in [0.1, 0.15) is 0 Å². The minimum atomic E-state index is -0.219. The van der Waals surface area contributed by atoms with Crippen LogP contribution in [0.3, 0.4) is 0 Å². The van der Waals surface area contributed by atoms with Gasteiger partial charge in [-0.2, -0.15) is 0 Å². The molecule has 0 N–H and O–H groups in total. The van der Waals surface area contributed by atoms with Crippen molar-refractivity contribution >= 4 is 41.3 Å². The monoisotopic (exact) mass is 294 g/mol. The number of furan rings is 1. The number of benzene rings is 1. The average Bonchev–Trinajstić information content (AvgIpc) is 2.86. The van der Waals surface area contributed by atoms with Crippen LogP contribution >= 0.6 is 0 Å². The van der Waals surface area contributed by atoms with Gasteiger partial charge in [-0.15, -0.1) is 0 Å². The van der Waals surface area contributed by atoms with Crippen LogP contribution in [0.25, 0.3) is 20.8 Å². The summed E-state index contributed by atoms with van der Waals surface area (Å²) in [5.41, 5.74) is 1.70. The molecule has 4 heteroatoms. The Morgan fingerprint density at radius 3 is 3.00 bits per heavy atom. The van der Waals surface area contributed by atoms with Crippen molar-refractivity contribution in [1.82, 2.24) is 0 Å². The summed E-state index contributed by atoms with van der Waals surface area (Å²) < 4.78 is 12.6. The number of esters is 1. The minimum absolute atomic E-state index is 0.00576. The molecule has 0 saturated heterocycles. The van der Waals surface area contributed by atoms with E-state index in [1.807, 2.05) is 37.3 Å². The molecule has 86 valence electrons. The molecular weight excluding hydrogens is 283 g/mol. The first-order chi connectivity index (χ1) is 8.29. The fourth-order valence-corrected chi connectivity index (χ4v) is 3.92. The number of hydrogen-bond donors (Lipinski definition) is 0. The van der Waals surface area contributed by atoms with Gasteiger partial charge in [0.25, 0.3) is 0 Å². The van der Waals surface area contributed by atoms with E-state index in [1.54, 1.807) is 0 Å². The first kappa shape index (κ1) is 10.6. The molecule has 1 aromatic carbocycles. The second kappa shape index (κ2) is 4.06. The molecule has 0 aliphatic heterocycles. The van der Waals surface area contributed by atoms with Crippen LogP contribution in [0.2, 0.25) is 0 Å². The van der Waals surface area contributed by atoms with Crippen LogP contribution in [-0.4, -0.2) is 27.1 Å². The number of hydrogen-bond acceptors (Lipinski definition) is 3. The molecule has 0 bridgehead atoms. The quantitative estimate of drug-likeness (QED) is 0.539. The third kappa shape index (κ3) is 1.70. The molecule has 0 radical (unpaired) electrons. The third-order valence-corrected chi connectivity index (χ3v) is 4.90. The Morgan fingerprint density at radius 1 is 1.35 bits per heavy atom. The van der Waals surface area contributed by atoms with Gasteiger partial charge < -0.3 is 0 Å². The van der Waals surface area contributed by atoms with Crippen LogP contribution < -0.4 is 0 Å². The zero-order valence-corrected chi connectivity index (χ0v) is 10.9. The van der Waals surface area contributed by atoms with Gasteiger partial charge in [0.2, 0.25) is 0 Å². The van der Waals surface area contributed by atoms with Crippen molar-refractivity contribution < 1.29 is 13.9 Å². The molecule has 0 aliphatic carbocycles. The topological polar surface area (TPSA) is 39.4 Å². The third-order valence-electron chi connectivity index (χ3n) is 2.53. The van der Waals surface area contributed by atoms with Crippen LogP contribution in [0, 0.1) is 0 Å². The number of carbonyl (C=O) groups is 1. The molecule has 0 saturated carbocycles. The van der Waals surface area contributed by atoms with E-state index in [2.05, 4.69) is 0 Å². The van der Waals surface area contributed by atoms with E-state index in [4.69, 9.17) is 9.15 Å². The number of fused-ring (bicyclic) bond motifs is 3. The van der Waals surface area contributed by atoms with E-state index in [0.29, 0.717) is 6.61 Å². The Balaban J connectivity index is 2.17. The second-order valence-corrected chi connectivity index (χ2v) is 5.83. The molecular formula is C13H10O3Se. The fraction of sp³-hybridized carbons (Fsp3) is 0.154. The van der Waals surface area contributed by atoms with Crippen LogP contribution in [-0.2, 0) is 4.74 Å². The molecule has 2 aromatic heterocycles. The van der Waals surface area contributed by atoms with E-state index in [-0.39, 0.29) is 20.5 Å². The Labute approximate surface area is 104 Å². The van der Waals surface area contributed by atoms with Gasteiger partial charge >= 0.3 is 104 Å². The normalized spacial score (nSPS) is 11.1. The summed E-state index contributed by atoms with van der Waals surface area (Å²) in [5.74, 6) is -0.219. The molecule has 17 heavy (non-hydrogen) atoms. The Kier molecular flexibility index (Phi) is 2.54. The van der Waals surface area contributed by atoms with Gasteiger partial charge in [0.15, 0.2) is 0 Å². The molecule has 0 unspecified atom stereocenters. The molecule has 3 aromatic rings. The molecule has 0 atom stereocenters. The number of ether oxygens (including phenoxy) is 1. The van der Waals surface area contributed by atoms with Crippen LogP contribution in [0.5, 0.6) is 0 Å². The number of rotatable bonds is 2. The molecule has 0 spiro atoms. The number of carbonyl (C=O) groups excluding carboxylic acids is 1. The van der Waals surface area contributed by atoms with E-state index < -0.39 is 0 Å². The first-order valence-electron chi connectivity index (χ1n) is 5.38. The summed E-state index contributed by atoms with van der Waals surface area (Å²) in [7, 11) is 0. The molecule has 0 amide bonds. The van der Waals surface area contributed by atoms with Gasteiger partial charge in [-0.3, -0.25) is 0 Å². The van der Waals surface area contributed by atoms with Crippen LogP contribution in [0.4, 0.5) is 0 Å². The van der Waals surface area contributed by atoms with Crippen molar-refractivity contribution in [3.05, 3.63) is 34.8 Å². The second-order valence-electron chi connectivity index (χ2n) is 3.62. The van der Waals surface area contributed by atoms with Gasteiger partial charge in [-0.05, 0) is 0 Å². The van der Waals surface area contributed by atoms with Crippen LogP contribution in [0.1, 0.15) is 16.2 Å². The van der Waals surface area contributed by atoms with Gasteiger partial charge in [0, 0.05) is 0 Å². The van der Waals surface area contributed by atoms with E-state index >= 15 is 0 Å². The van der Waals surface area contributed by atoms with Crippen molar-refractivity contribution in [2.24, 2.45) is 0 Å². The predicted molar refractivity (Wildman–Crippen MR) is 66.6 cm³/mol. The average molecular weight is 293 g/mol. The zero-order chi connectivity index (χ0) is 11.8. The summed E-state index contributed by atoms with van der Waals surface area (Å²) in [6.07, 6.45) is 0. The SMILES string of the molecule is CCOC(=O)c1cc2oc3ccccc3c2[se]1. The van der Waals surface area contributed by atoms with E-state index in [1.165, 1.54) is 0 Å². The van der Waals surface area contributed by atoms with Gasteiger partial charge in [-0.1, -0.05) is 0 Å². The molecule has 3 nitrogen and oxygen atoms in total. The summed E-state index contributed by atoms with van der Waals surface area (Å²) in [4.78, 5) is 11.6. The summed E-state index contributed by atoms with van der Waals surface area (Å²) in [6, 6.07) is 9.72. The summed E-state index contributed by atoms with van der Waals surface area (Å²) in [5, 5.41) is 1.11. The van der Waals surface area contributed by atoms with Crippen molar-refractivity contribution in [2.45, 2.75) is 6.92 Å². The van der Waals surface area contributed by atoms with Crippen molar-refractivity contribution in [1.29, 1.82) is 0 Å². The van der Waals surface area contributed by atoms with Crippen molar-refractivity contribution in [2.75, 3.05) is 6.61 Å². The van der Waals surface area contributed by atoms with Crippen molar-refractivity contribution in [3.63, 3.8) is 0 Å². The fourth-order valence-electron chi connectivity index (χ4n) is 1.80. The maximum absolute atomic E-state index is 11.6. The molecule has 0 aliphatic rings. The molecule has 2 heterocycles. The Morgan fingerprint density at radius 2 is 2.18 bits per heavy atom. The summed E-state index contributed by atoms with van der Waals surface area (Å²) in [6.45, 7) is 2.22. The van der Waals surface area contributed by atoms with Gasteiger partial charge in [0.05, 0.1) is 0 Å². The summed E-state index contributed by atoms with van der Waals surface area (Å²) >= 11 is -0.00576. The predicted octanol–water partition coefficient (Wildman–Crippen LogP) is 2.82.